The number of ketones is 1. The molecular formula is C10H18O. The van der Waals surface area contributed by atoms with E-state index in [4.69, 9.17) is 0 Å². The van der Waals surface area contributed by atoms with Crippen molar-refractivity contribution < 1.29 is 4.79 Å². The van der Waals surface area contributed by atoms with E-state index in [1.165, 1.54) is 25.7 Å². The highest BCUT2D eigenvalue weighted by Crippen LogP contribution is 2.33. The summed E-state index contributed by atoms with van der Waals surface area (Å²) in [7, 11) is 0. The number of rotatable bonds is 3. The molecule has 1 fully saturated rings. The van der Waals surface area contributed by atoms with Crippen molar-refractivity contribution in [3.8, 4) is 0 Å². The lowest BCUT2D eigenvalue weighted by Gasteiger charge is -2.18. The maximum absolute atomic E-state index is 11.2. The molecule has 0 aliphatic heterocycles. The zero-order valence-corrected chi connectivity index (χ0v) is 7.60. The Morgan fingerprint density at radius 1 is 1.45 bits per heavy atom. The van der Waals surface area contributed by atoms with Crippen LogP contribution in [0.4, 0.5) is 0 Å². The Kier molecular flexibility index (Phi) is 3.10. The monoisotopic (exact) mass is 154 g/mol. The van der Waals surface area contributed by atoms with E-state index in [-0.39, 0.29) is 0 Å². The standard InChI is InChI=1S/C10H18O/c1-3-10(8(2)11)9-6-4-5-7-9/h9-10H,3-7H2,1-2H3/t10-/m1/s1. The third kappa shape index (κ3) is 2.05. The van der Waals surface area contributed by atoms with Gasteiger partial charge >= 0.3 is 0 Å². The summed E-state index contributed by atoms with van der Waals surface area (Å²) in [5, 5.41) is 0. The first kappa shape index (κ1) is 8.76. The SMILES string of the molecule is CC[C@H](C(C)=O)C1CCCC1. The molecule has 64 valence electrons. The summed E-state index contributed by atoms with van der Waals surface area (Å²) in [4.78, 5) is 11.2. The maximum Gasteiger partial charge on any atom is 0.133 e. The zero-order valence-electron chi connectivity index (χ0n) is 7.60. The Hall–Kier alpha value is -0.330. The molecule has 0 heterocycles. The van der Waals surface area contributed by atoms with E-state index in [0.29, 0.717) is 11.7 Å². The summed E-state index contributed by atoms with van der Waals surface area (Å²) < 4.78 is 0. The number of carbonyl (C=O) groups excluding carboxylic acids is 1. The van der Waals surface area contributed by atoms with Crippen LogP contribution >= 0.6 is 0 Å². The van der Waals surface area contributed by atoms with Crippen LogP contribution in [0.15, 0.2) is 0 Å². The van der Waals surface area contributed by atoms with Gasteiger partial charge in [0.05, 0.1) is 0 Å². The van der Waals surface area contributed by atoms with Crippen LogP contribution in [0.2, 0.25) is 0 Å². The molecule has 1 nitrogen and oxygen atoms in total. The average Bonchev–Trinajstić information content (AvgIpc) is 2.40. The minimum Gasteiger partial charge on any atom is -0.300 e. The number of hydrogen-bond donors (Lipinski definition) is 0. The summed E-state index contributed by atoms with van der Waals surface area (Å²) in [5.41, 5.74) is 0. The van der Waals surface area contributed by atoms with Crippen molar-refractivity contribution in [2.45, 2.75) is 46.0 Å². The molecule has 1 rings (SSSR count). The number of hydrogen-bond acceptors (Lipinski definition) is 1. The second kappa shape index (κ2) is 3.89. The lowest BCUT2D eigenvalue weighted by Crippen LogP contribution is -2.18. The molecule has 0 aromatic heterocycles. The minimum atomic E-state index is 0.373. The van der Waals surface area contributed by atoms with Gasteiger partial charge in [-0.25, -0.2) is 0 Å². The highest BCUT2D eigenvalue weighted by Gasteiger charge is 2.26. The lowest BCUT2D eigenvalue weighted by atomic mass is 9.86. The van der Waals surface area contributed by atoms with Crippen molar-refractivity contribution in [2.24, 2.45) is 11.8 Å². The van der Waals surface area contributed by atoms with E-state index in [0.717, 1.165) is 12.3 Å². The van der Waals surface area contributed by atoms with E-state index in [1.807, 2.05) is 0 Å². The highest BCUT2D eigenvalue weighted by molar-refractivity contribution is 5.78. The van der Waals surface area contributed by atoms with Crippen molar-refractivity contribution in [2.75, 3.05) is 0 Å². The van der Waals surface area contributed by atoms with Gasteiger partial charge < -0.3 is 0 Å². The van der Waals surface area contributed by atoms with Crippen LogP contribution in [0.3, 0.4) is 0 Å². The topological polar surface area (TPSA) is 17.1 Å². The summed E-state index contributed by atoms with van der Waals surface area (Å²) in [6.07, 6.45) is 6.30. The fourth-order valence-corrected chi connectivity index (χ4v) is 2.31. The van der Waals surface area contributed by atoms with Crippen LogP contribution in [0.25, 0.3) is 0 Å². The van der Waals surface area contributed by atoms with Gasteiger partial charge in [0.1, 0.15) is 5.78 Å². The Bertz CT molecular complexity index is 134. The molecule has 0 spiro atoms. The molecule has 11 heavy (non-hydrogen) atoms. The average molecular weight is 154 g/mol. The van der Waals surface area contributed by atoms with Gasteiger partial charge in [0.15, 0.2) is 0 Å². The van der Waals surface area contributed by atoms with Gasteiger partial charge in [-0.1, -0.05) is 19.8 Å². The molecule has 0 aromatic rings. The number of Topliss-reactive ketones (excluding diaryl/α,β-unsaturated/α-hetero) is 1. The van der Waals surface area contributed by atoms with Crippen molar-refractivity contribution in [3.63, 3.8) is 0 Å². The lowest BCUT2D eigenvalue weighted by molar-refractivity contribution is -0.122. The summed E-state index contributed by atoms with van der Waals surface area (Å²) in [6, 6.07) is 0. The first-order valence-electron chi connectivity index (χ1n) is 4.76. The molecule has 0 unspecified atom stereocenters. The number of carbonyl (C=O) groups is 1. The fourth-order valence-electron chi connectivity index (χ4n) is 2.31. The smallest absolute Gasteiger partial charge is 0.133 e. The van der Waals surface area contributed by atoms with Gasteiger partial charge in [-0.2, -0.15) is 0 Å². The molecule has 1 heteroatoms. The molecule has 0 N–H and O–H groups in total. The Morgan fingerprint density at radius 3 is 2.36 bits per heavy atom. The molecule has 1 aliphatic carbocycles. The second-order valence-electron chi connectivity index (χ2n) is 3.67. The minimum absolute atomic E-state index is 0.373. The van der Waals surface area contributed by atoms with Gasteiger partial charge in [0.25, 0.3) is 0 Å². The van der Waals surface area contributed by atoms with Crippen LogP contribution in [0.1, 0.15) is 46.0 Å². The van der Waals surface area contributed by atoms with Crippen LogP contribution in [-0.4, -0.2) is 5.78 Å². The summed E-state index contributed by atoms with van der Waals surface area (Å²) in [6.45, 7) is 3.87. The molecule has 0 saturated heterocycles. The first-order chi connectivity index (χ1) is 5.25. The van der Waals surface area contributed by atoms with Gasteiger partial charge in [-0.05, 0) is 32.1 Å². The van der Waals surface area contributed by atoms with Crippen LogP contribution in [0, 0.1) is 11.8 Å². The van der Waals surface area contributed by atoms with Crippen LogP contribution in [0.5, 0.6) is 0 Å². The predicted octanol–water partition coefficient (Wildman–Crippen LogP) is 2.79. The quantitative estimate of drug-likeness (QED) is 0.611. The van der Waals surface area contributed by atoms with E-state index in [9.17, 15) is 4.79 Å². The van der Waals surface area contributed by atoms with Gasteiger partial charge in [-0.3, -0.25) is 4.79 Å². The van der Waals surface area contributed by atoms with Crippen molar-refractivity contribution in [3.05, 3.63) is 0 Å². The van der Waals surface area contributed by atoms with E-state index in [1.54, 1.807) is 6.92 Å². The van der Waals surface area contributed by atoms with Gasteiger partial charge in [0.2, 0.25) is 0 Å². The van der Waals surface area contributed by atoms with Gasteiger partial charge in [-0.15, -0.1) is 0 Å². The second-order valence-corrected chi connectivity index (χ2v) is 3.67. The van der Waals surface area contributed by atoms with E-state index in [2.05, 4.69) is 6.92 Å². The molecule has 1 aliphatic rings. The Morgan fingerprint density at radius 2 is 2.00 bits per heavy atom. The third-order valence-electron chi connectivity index (χ3n) is 2.93. The predicted molar refractivity (Wildman–Crippen MR) is 46.4 cm³/mol. The normalized spacial score (nSPS) is 22.0. The highest BCUT2D eigenvalue weighted by atomic mass is 16.1. The van der Waals surface area contributed by atoms with Crippen molar-refractivity contribution in [1.29, 1.82) is 0 Å². The van der Waals surface area contributed by atoms with Crippen molar-refractivity contribution in [1.82, 2.24) is 0 Å². The van der Waals surface area contributed by atoms with Crippen LogP contribution in [-0.2, 0) is 4.79 Å². The van der Waals surface area contributed by atoms with Gasteiger partial charge in [0, 0.05) is 5.92 Å². The zero-order chi connectivity index (χ0) is 8.27. The third-order valence-corrected chi connectivity index (χ3v) is 2.93. The summed E-state index contributed by atoms with van der Waals surface area (Å²) in [5.74, 6) is 1.49. The molecule has 0 aromatic carbocycles. The fraction of sp³-hybridized carbons (Fsp3) is 0.900. The van der Waals surface area contributed by atoms with Crippen molar-refractivity contribution >= 4 is 5.78 Å². The van der Waals surface area contributed by atoms with E-state index < -0.39 is 0 Å². The molecule has 1 atom stereocenters. The largest absolute Gasteiger partial charge is 0.300 e. The Balaban J connectivity index is 2.46. The molecular weight excluding hydrogens is 136 g/mol. The Labute approximate surface area is 69.2 Å². The first-order valence-corrected chi connectivity index (χ1v) is 4.76. The maximum atomic E-state index is 11.2. The molecule has 0 bridgehead atoms. The summed E-state index contributed by atoms with van der Waals surface area (Å²) >= 11 is 0. The molecule has 0 radical (unpaired) electrons. The molecule has 0 amide bonds. The van der Waals surface area contributed by atoms with Crippen LogP contribution < -0.4 is 0 Å². The molecule has 1 saturated carbocycles. The van der Waals surface area contributed by atoms with E-state index >= 15 is 0 Å².